The van der Waals surface area contributed by atoms with Crippen LogP contribution < -0.4 is 5.56 Å². The molecule has 23 heavy (non-hydrogen) atoms. The van der Waals surface area contributed by atoms with Crippen LogP contribution >= 0.6 is 0 Å². The van der Waals surface area contributed by atoms with Crippen LogP contribution in [0.4, 0.5) is 0 Å². The van der Waals surface area contributed by atoms with E-state index in [2.05, 4.69) is 13.8 Å². The van der Waals surface area contributed by atoms with E-state index in [4.69, 9.17) is 4.42 Å². The highest BCUT2D eigenvalue weighted by molar-refractivity contribution is 5.92. The molecular weight excluding hydrogens is 292 g/mol. The second-order valence-corrected chi connectivity index (χ2v) is 6.13. The highest BCUT2D eigenvalue weighted by Crippen LogP contribution is 2.28. The van der Waals surface area contributed by atoms with Gasteiger partial charge in [0, 0.05) is 24.3 Å². The number of nitrogens with zero attached hydrogens (tertiary/aromatic N) is 2. The van der Waals surface area contributed by atoms with Crippen molar-refractivity contribution < 1.29 is 9.21 Å². The SMILES string of the molecule is CCC1CCC(C)N1C(=O)c1ccc(Cn2ccccc2=O)o1. The number of hydrogen-bond acceptors (Lipinski definition) is 3. The molecule has 2 aromatic rings. The molecule has 1 aliphatic heterocycles. The number of amides is 1. The Morgan fingerprint density at radius 1 is 1.26 bits per heavy atom. The third-order valence-corrected chi connectivity index (χ3v) is 4.59. The van der Waals surface area contributed by atoms with Crippen molar-refractivity contribution >= 4 is 5.91 Å². The normalized spacial score (nSPS) is 20.9. The maximum absolute atomic E-state index is 12.7. The molecule has 3 rings (SSSR count). The number of furan rings is 1. The number of carbonyl (C=O) groups is 1. The molecule has 0 aromatic carbocycles. The minimum absolute atomic E-state index is 0.0477. The first-order chi connectivity index (χ1) is 11.1. The third kappa shape index (κ3) is 3.09. The summed E-state index contributed by atoms with van der Waals surface area (Å²) in [6.45, 7) is 4.53. The van der Waals surface area contributed by atoms with Gasteiger partial charge >= 0.3 is 0 Å². The maximum Gasteiger partial charge on any atom is 0.290 e. The van der Waals surface area contributed by atoms with Crippen LogP contribution in [0.5, 0.6) is 0 Å². The summed E-state index contributed by atoms with van der Waals surface area (Å²) in [6, 6.07) is 9.04. The van der Waals surface area contributed by atoms with Crippen LogP contribution in [0, 0.1) is 0 Å². The van der Waals surface area contributed by atoms with Crippen molar-refractivity contribution in [1.82, 2.24) is 9.47 Å². The lowest BCUT2D eigenvalue weighted by atomic mass is 10.1. The molecule has 1 fully saturated rings. The Hall–Kier alpha value is -2.30. The second-order valence-electron chi connectivity index (χ2n) is 6.13. The second kappa shape index (κ2) is 6.44. The lowest BCUT2D eigenvalue weighted by Crippen LogP contribution is -2.39. The molecular formula is C18H22N2O3. The number of hydrogen-bond donors (Lipinski definition) is 0. The van der Waals surface area contributed by atoms with E-state index in [9.17, 15) is 9.59 Å². The van der Waals surface area contributed by atoms with Crippen LogP contribution in [0.25, 0.3) is 0 Å². The Bertz CT molecular complexity index is 746. The molecule has 2 unspecified atom stereocenters. The first-order valence-corrected chi connectivity index (χ1v) is 8.17. The first kappa shape index (κ1) is 15.6. The average molecular weight is 314 g/mol. The zero-order valence-electron chi connectivity index (χ0n) is 13.6. The number of aromatic nitrogens is 1. The molecule has 0 N–H and O–H groups in total. The molecule has 0 radical (unpaired) electrons. The van der Waals surface area contributed by atoms with E-state index >= 15 is 0 Å². The molecule has 0 bridgehead atoms. The Labute approximate surface area is 135 Å². The largest absolute Gasteiger partial charge is 0.454 e. The van der Waals surface area contributed by atoms with Gasteiger partial charge in [0.1, 0.15) is 5.76 Å². The van der Waals surface area contributed by atoms with E-state index < -0.39 is 0 Å². The molecule has 0 saturated carbocycles. The van der Waals surface area contributed by atoms with Gasteiger partial charge in [-0.05, 0) is 44.4 Å². The summed E-state index contributed by atoms with van der Waals surface area (Å²) in [5, 5.41) is 0. The molecule has 3 heterocycles. The smallest absolute Gasteiger partial charge is 0.290 e. The molecule has 5 heteroatoms. The third-order valence-electron chi connectivity index (χ3n) is 4.59. The lowest BCUT2D eigenvalue weighted by molar-refractivity contribution is 0.0641. The molecule has 1 aliphatic rings. The maximum atomic E-state index is 12.7. The monoisotopic (exact) mass is 314 g/mol. The van der Waals surface area contributed by atoms with Gasteiger partial charge in [0.05, 0.1) is 6.54 Å². The van der Waals surface area contributed by atoms with Gasteiger partial charge in [-0.15, -0.1) is 0 Å². The number of carbonyl (C=O) groups excluding carboxylic acids is 1. The van der Waals surface area contributed by atoms with E-state index in [1.165, 1.54) is 6.07 Å². The highest BCUT2D eigenvalue weighted by atomic mass is 16.4. The molecule has 1 saturated heterocycles. The highest BCUT2D eigenvalue weighted by Gasteiger charge is 2.34. The summed E-state index contributed by atoms with van der Waals surface area (Å²) in [6.07, 6.45) is 4.76. The van der Waals surface area contributed by atoms with Crippen molar-refractivity contribution in [1.29, 1.82) is 0 Å². The van der Waals surface area contributed by atoms with Crippen molar-refractivity contribution in [3.05, 3.63) is 58.4 Å². The van der Waals surface area contributed by atoms with Gasteiger partial charge in [-0.1, -0.05) is 13.0 Å². The van der Waals surface area contributed by atoms with Crippen molar-refractivity contribution in [2.75, 3.05) is 0 Å². The summed E-state index contributed by atoms with van der Waals surface area (Å²) >= 11 is 0. The minimum atomic E-state index is -0.0870. The molecule has 2 atom stereocenters. The van der Waals surface area contributed by atoms with E-state index in [1.54, 1.807) is 35.0 Å². The average Bonchev–Trinajstić information content (AvgIpc) is 3.15. The molecule has 0 spiro atoms. The van der Waals surface area contributed by atoms with Gasteiger partial charge < -0.3 is 13.9 Å². The predicted molar refractivity (Wildman–Crippen MR) is 87.5 cm³/mol. The molecule has 1 amide bonds. The fraction of sp³-hybridized carbons (Fsp3) is 0.444. The van der Waals surface area contributed by atoms with Crippen LogP contribution in [-0.4, -0.2) is 27.5 Å². The van der Waals surface area contributed by atoms with E-state index in [-0.39, 0.29) is 17.5 Å². The van der Waals surface area contributed by atoms with Crippen LogP contribution in [0.1, 0.15) is 49.4 Å². The Balaban J connectivity index is 1.78. The van der Waals surface area contributed by atoms with Gasteiger partial charge in [0.15, 0.2) is 5.76 Å². The topological polar surface area (TPSA) is 55.5 Å². The Kier molecular flexibility index (Phi) is 4.37. The van der Waals surface area contributed by atoms with Crippen molar-refractivity contribution in [3.63, 3.8) is 0 Å². The van der Waals surface area contributed by atoms with Gasteiger partial charge in [-0.3, -0.25) is 9.59 Å². The Morgan fingerprint density at radius 3 is 2.83 bits per heavy atom. The molecule has 2 aromatic heterocycles. The van der Waals surface area contributed by atoms with E-state index in [0.717, 1.165) is 19.3 Å². The first-order valence-electron chi connectivity index (χ1n) is 8.17. The van der Waals surface area contributed by atoms with Crippen molar-refractivity contribution in [3.8, 4) is 0 Å². The zero-order chi connectivity index (χ0) is 16.4. The summed E-state index contributed by atoms with van der Waals surface area (Å²) < 4.78 is 7.26. The number of rotatable bonds is 4. The summed E-state index contributed by atoms with van der Waals surface area (Å²) in [5.74, 6) is 0.922. The van der Waals surface area contributed by atoms with E-state index in [1.807, 2.05) is 4.90 Å². The van der Waals surface area contributed by atoms with Crippen LogP contribution in [0.2, 0.25) is 0 Å². The number of likely N-dealkylation sites (tertiary alicyclic amines) is 1. The van der Waals surface area contributed by atoms with Crippen LogP contribution in [-0.2, 0) is 6.54 Å². The summed E-state index contributed by atoms with van der Waals surface area (Å²) in [4.78, 5) is 26.4. The van der Waals surface area contributed by atoms with Crippen LogP contribution in [0.3, 0.4) is 0 Å². The number of pyridine rings is 1. The van der Waals surface area contributed by atoms with Crippen molar-refractivity contribution in [2.45, 2.75) is 51.7 Å². The minimum Gasteiger partial charge on any atom is -0.454 e. The summed E-state index contributed by atoms with van der Waals surface area (Å²) in [7, 11) is 0. The van der Waals surface area contributed by atoms with Gasteiger partial charge in [-0.2, -0.15) is 0 Å². The van der Waals surface area contributed by atoms with E-state index in [0.29, 0.717) is 24.1 Å². The van der Waals surface area contributed by atoms with Crippen molar-refractivity contribution in [2.24, 2.45) is 0 Å². The lowest BCUT2D eigenvalue weighted by Gasteiger charge is -2.26. The molecule has 122 valence electrons. The zero-order valence-corrected chi connectivity index (χ0v) is 13.6. The fourth-order valence-electron chi connectivity index (χ4n) is 3.30. The quantitative estimate of drug-likeness (QED) is 0.872. The van der Waals surface area contributed by atoms with Crippen LogP contribution in [0.15, 0.2) is 45.7 Å². The molecule has 0 aliphatic carbocycles. The van der Waals surface area contributed by atoms with Gasteiger partial charge in [0.2, 0.25) is 0 Å². The summed E-state index contributed by atoms with van der Waals surface area (Å²) in [5.41, 5.74) is -0.0870. The Morgan fingerprint density at radius 2 is 2.09 bits per heavy atom. The fourth-order valence-corrected chi connectivity index (χ4v) is 3.30. The predicted octanol–water partition coefficient (Wildman–Crippen LogP) is 2.89. The standard InChI is InChI=1S/C18H22N2O3/c1-3-14-8-7-13(2)20(14)18(22)16-10-9-15(23-16)12-19-11-5-4-6-17(19)21/h4-6,9-11,13-14H,3,7-8,12H2,1-2H3. The molecule has 5 nitrogen and oxygen atoms in total. The van der Waals surface area contributed by atoms with Gasteiger partial charge in [0.25, 0.3) is 11.5 Å². The van der Waals surface area contributed by atoms with Gasteiger partial charge in [-0.25, -0.2) is 0 Å².